The fourth-order valence-electron chi connectivity index (χ4n) is 2.94. The molecule has 1 aromatic rings. The summed E-state index contributed by atoms with van der Waals surface area (Å²) in [5, 5.41) is 2.88. The molecule has 20 heavy (non-hydrogen) atoms. The van der Waals surface area contributed by atoms with Crippen LogP contribution in [0.2, 0.25) is 0 Å². The lowest BCUT2D eigenvalue weighted by atomic mass is 9.92. The van der Waals surface area contributed by atoms with E-state index < -0.39 is 0 Å². The number of fused-ring (bicyclic) bond motifs is 1. The molecule has 0 saturated carbocycles. The molecule has 0 aromatic heterocycles. The van der Waals surface area contributed by atoms with Gasteiger partial charge in [0, 0.05) is 13.1 Å². The predicted octanol–water partition coefficient (Wildman–Crippen LogP) is 2.66. The summed E-state index contributed by atoms with van der Waals surface area (Å²) in [4.78, 5) is 11.4. The highest BCUT2D eigenvalue weighted by atomic mass is 32.0. The van der Waals surface area contributed by atoms with E-state index in [2.05, 4.69) is 31.0 Å². The number of piperidine rings is 1. The third-order valence-corrected chi connectivity index (χ3v) is 5.77. The van der Waals surface area contributed by atoms with E-state index in [-0.39, 0.29) is 12.5 Å². The number of hydrogen-bond donors (Lipinski definition) is 1. The van der Waals surface area contributed by atoms with Gasteiger partial charge in [-0.25, -0.2) is 0 Å². The van der Waals surface area contributed by atoms with E-state index in [1.54, 1.807) is 0 Å². The average molecular weight is 310 g/mol. The molecule has 0 aliphatic carbocycles. The van der Waals surface area contributed by atoms with Crippen LogP contribution in [0.15, 0.2) is 18.2 Å². The molecule has 1 aromatic carbocycles. The van der Waals surface area contributed by atoms with Gasteiger partial charge in [0.15, 0.2) is 6.61 Å². The smallest absolute Gasteiger partial charge is 0.262 e. The first-order valence-electron chi connectivity index (χ1n) is 7.01. The van der Waals surface area contributed by atoms with Crippen LogP contribution in [-0.2, 0) is 11.2 Å². The minimum absolute atomic E-state index is 0.0669. The average Bonchev–Trinajstić information content (AvgIpc) is 2.47. The second kappa shape index (κ2) is 6.39. The maximum Gasteiger partial charge on any atom is 0.262 e. The third kappa shape index (κ3) is 3.31. The summed E-state index contributed by atoms with van der Waals surface area (Å²) < 4.78 is 7.91. The van der Waals surface area contributed by atoms with Crippen LogP contribution in [0.4, 0.5) is 5.69 Å². The third-order valence-electron chi connectivity index (χ3n) is 3.90. The number of carbonyl (C=O) groups excluding carboxylic acids is 1. The van der Waals surface area contributed by atoms with Gasteiger partial charge in [0.1, 0.15) is 5.75 Å². The Kier molecular flexibility index (Phi) is 4.55. The van der Waals surface area contributed by atoms with Crippen LogP contribution in [0.25, 0.3) is 0 Å². The Hall–Kier alpha value is -0.690. The zero-order valence-corrected chi connectivity index (χ0v) is 13.5. The standard InChI is InChI=1S/C14H20N2O2P2/c17-14-9-18-13-4-3-10(7-12(13)15-14)6-11-2-1-5-16(8-11)20-19/h3-4,7,11,20H,1-2,5-6,8-9,19H2,(H,15,17). The Balaban J connectivity index is 1.68. The Bertz CT molecular complexity index is 510. The van der Waals surface area contributed by atoms with Gasteiger partial charge >= 0.3 is 0 Å². The molecule has 1 fully saturated rings. The van der Waals surface area contributed by atoms with Gasteiger partial charge in [0.2, 0.25) is 0 Å². The van der Waals surface area contributed by atoms with Gasteiger partial charge in [-0.3, -0.25) is 9.46 Å². The summed E-state index contributed by atoms with van der Waals surface area (Å²) in [7, 11) is 3.67. The molecule has 3 unspecified atom stereocenters. The van der Waals surface area contributed by atoms with Crippen molar-refractivity contribution in [3.8, 4) is 5.75 Å². The summed E-state index contributed by atoms with van der Waals surface area (Å²) in [6, 6.07) is 6.16. The first kappa shape index (κ1) is 14.3. The molecule has 1 N–H and O–H groups in total. The topological polar surface area (TPSA) is 41.6 Å². The maximum atomic E-state index is 11.4. The van der Waals surface area contributed by atoms with E-state index in [1.165, 1.54) is 31.5 Å². The quantitative estimate of drug-likeness (QED) is 0.873. The van der Waals surface area contributed by atoms with Crippen molar-refractivity contribution in [3.63, 3.8) is 0 Å². The van der Waals surface area contributed by atoms with Crippen LogP contribution in [0, 0.1) is 5.92 Å². The van der Waals surface area contributed by atoms with Crippen LogP contribution < -0.4 is 10.1 Å². The van der Waals surface area contributed by atoms with E-state index in [0.717, 1.165) is 32.2 Å². The monoisotopic (exact) mass is 310 g/mol. The Labute approximate surface area is 123 Å². The van der Waals surface area contributed by atoms with Crippen LogP contribution in [0.1, 0.15) is 18.4 Å². The number of amides is 1. The van der Waals surface area contributed by atoms with E-state index in [1.807, 2.05) is 6.07 Å². The van der Waals surface area contributed by atoms with Crippen molar-refractivity contribution in [2.24, 2.45) is 5.92 Å². The van der Waals surface area contributed by atoms with E-state index in [9.17, 15) is 4.79 Å². The highest BCUT2D eigenvalue weighted by molar-refractivity contribution is 8.01. The van der Waals surface area contributed by atoms with Gasteiger partial charge in [-0.15, -0.1) is 0 Å². The minimum Gasteiger partial charge on any atom is -0.482 e. The lowest BCUT2D eigenvalue weighted by Crippen LogP contribution is -2.30. The van der Waals surface area contributed by atoms with Crippen LogP contribution in [0.5, 0.6) is 5.75 Å². The van der Waals surface area contributed by atoms with Crippen LogP contribution >= 0.6 is 17.3 Å². The molecule has 0 bridgehead atoms. The number of anilines is 1. The van der Waals surface area contributed by atoms with Crippen LogP contribution in [-0.4, -0.2) is 30.3 Å². The van der Waals surface area contributed by atoms with Gasteiger partial charge in [-0.2, -0.15) is 0 Å². The van der Waals surface area contributed by atoms with Gasteiger partial charge in [-0.05, 0) is 51.3 Å². The molecule has 0 radical (unpaired) electrons. The number of carbonyl (C=O) groups is 1. The Morgan fingerprint density at radius 3 is 3.25 bits per heavy atom. The number of hydrogen-bond acceptors (Lipinski definition) is 3. The first-order chi connectivity index (χ1) is 9.74. The SMILES string of the molecule is O=C1COc2ccc(CC3CCCN(PP)C3)cc2N1. The van der Waals surface area contributed by atoms with Crippen molar-refractivity contribution in [2.45, 2.75) is 19.3 Å². The van der Waals surface area contributed by atoms with Gasteiger partial charge < -0.3 is 10.1 Å². The zero-order chi connectivity index (χ0) is 13.9. The molecule has 0 spiro atoms. The van der Waals surface area contributed by atoms with E-state index in [4.69, 9.17) is 4.74 Å². The molecule has 2 heterocycles. The van der Waals surface area contributed by atoms with Crippen molar-refractivity contribution in [3.05, 3.63) is 23.8 Å². The molecule has 4 nitrogen and oxygen atoms in total. The van der Waals surface area contributed by atoms with E-state index in [0.29, 0.717) is 0 Å². The summed E-state index contributed by atoms with van der Waals surface area (Å²) in [5.41, 5.74) is 2.10. The fraction of sp³-hybridized carbons (Fsp3) is 0.500. The molecule has 3 atom stereocenters. The van der Waals surface area contributed by atoms with Crippen molar-refractivity contribution in [1.29, 1.82) is 0 Å². The number of ether oxygens (including phenoxy) is 1. The summed E-state index contributed by atoms with van der Waals surface area (Å²) >= 11 is 0. The predicted molar refractivity (Wildman–Crippen MR) is 86.6 cm³/mol. The van der Waals surface area contributed by atoms with Crippen molar-refractivity contribution < 1.29 is 9.53 Å². The van der Waals surface area contributed by atoms with Gasteiger partial charge in [0.05, 0.1) is 5.69 Å². The Morgan fingerprint density at radius 1 is 1.50 bits per heavy atom. The summed E-state index contributed by atoms with van der Waals surface area (Å²) in [6.45, 7) is 2.54. The fourth-order valence-corrected chi connectivity index (χ4v) is 4.29. The molecular weight excluding hydrogens is 290 g/mol. The van der Waals surface area contributed by atoms with Crippen molar-refractivity contribution in [2.75, 3.05) is 25.0 Å². The molecule has 1 saturated heterocycles. The first-order valence-corrected chi connectivity index (χ1v) is 9.77. The highest BCUT2D eigenvalue weighted by Gasteiger charge is 2.21. The largest absolute Gasteiger partial charge is 0.482 e. The molecule has 108 valence electrons. The molecule has 2 aliphatic rings. The summed E-state index contributed by atoms with van der Waals surface area (Å²) in [5.74, 6) is 1.43. The second-order valence-corrected chi connectivity index (χ2v) is 7.12. The molecule has 1 amide bonds. The molecule has 6 heteroatoms. The van der Waals surface area contributed by atoms with Crippen molar-refractivity contribution in [1.82, 2.24) is 4.67 Å². The minimum atomic E-state index is -0.0669. The van der Waals surface area contributed by atoms with Gasteiger partial charge in [-0.1, -0.05) is 15.0 Å². The number of benzene rings is 1. The molecule has 3 rings (SSSR count). The number of rotatable bonds is 3. The van der Waals surface area contributed by atoms with Crippen molar-refractivity contribution >= 4 is 28.9 Å². The van der Waals surface area contributed by atoms with E-state index >= 15 is 0 Å². The van der Waals surface area contributed by atoms with Crippen LogP contribution in [0.3, 0.4) is 0 Å². The number of nitrogens with zero attached hydrogens (tertiary/aromatic N) is 1. The zero-order valence-electron chi connectivity index (χ0n) is 11.4. The maximum absolute atomic E-state index is 11.4. The highest BCUT2D eigenvalue weighted by Crippen LogP contribution is 2.34. The summed E-state index contributed by atoms with van der Waals surface area (Å²) in [6.07, 6.45) is 3.66. The normalized spacial score (nSPS) is 23.4. The Morgan fingerprint density at radius 2 is 2.40 bits per heavy atom. The molecule has 2 aliphatic heterocycles. The number of nitrogens with one attached hydrogen (secondary N) is 1. The lowest BCUT2D eigenvalue weighted by molar-refractivity contribution is -0.118. The second-order valence-electron chi connectivity index (χ2n) is 5.45. The lowest BCUT2D eigenvalue weighted by Gasteiger charge is -2.31. The molecular formula is C14H20N2O2P2. The van der Waals surface area contributed by atoms with Gasteiger partial charge in [0.25, 0.3) is 5.91 Å².